The van der Waals surface area contributed by atoms with E-state index in [4.69, 9.17) is 58.0 Å². The molecule has 2 amide bonds. The molecule has 0 aromatic heterocycles. The van der Waals surface area contributed by atoms with E-state index in [2.05, 4.69) is 10.6 Å². The van der Waals surface area contributed by atoms with Crippen LogP contribution in [0.1, 0.15) is 27.4 Å². The van der Waals surface area contributed by atoms with Gasteiger partial charge in [0.2, 0.25) is 5.91 Å². The van der Waals surface area contributed by atoms with Gasteiger partial charge in [-0.15, -0.1) is 23.2 Å². The standard InChI is InChI=1S/C24H14Cl5N3O2/c25-14-7-13(8-15(26)9-14)20-21(24(20,28)29)23(34)31-16-5-6-18(27)17(10-16)22(33)32-19-4-2-1-3-12(19)11-30/h1-10,20-21H,(H,31,34)(H,32,33)/t20-,21+/m0/s1. The molecule has 1 aliphatic carbocycles. The molecule has 0 radical (unpaired) electrons. The summed E-state index contributed by atoms with van der Waals surface area (Å²) in [5.74, 6) is -2.24. The quantitative estimate of drug-likeness (QED) is 0.325. The Kier molecular flexibility index (Phi) is 7.00. The van der Waals surface area contributed by atoms with Crippen molar-refractivity contribution in [3.05, 3.63) is 92.4 Å². The number of halogens is 5. The third kappa shape index (κ3) is 4.98. The van der Waals surface area contributed by atoms with Crippen LogP contribution in [0, 0.1) is 17.2 Å². The maximum atomic E-state index is 13.0. The minimum absolute atomic E-state index is 0.115. The van der Waals surface area contributed by atoms with Gasteiger partial charge in [-0.05, 0) is 54.1 Å². The second-order valence-corrected chi connectivity index (χ2v) is 10.4. The predicted molar refractivity (Wildman–Crippen MR) is 136 cm³/mol. The van der Waals surface area contributed by atoms with Crippen molar-refractivity contribution in [2.45, 2.75) is 10.3 Å². The van der Waals surface area contributed by atoms with E-state index in [9.17, 15) is 14.9 Å². The van der Waals surface area contributed by atoms with Crippen LogP contribution in [0.3, 0.4) is 0 Å². The number of carbonyl (C=O) groups excluding carboxylic acids is 2. The van der Waals surface area contributed by atoms with Crippen LogP contribution in [0.5, 0.6) is 0 Å². The van der Waals surface area contributed by atoms with Crippen LogP contribution in [-0.2, 0) is 4.79 Å². The van der Waals surface area contributed by atoms with Crippen LogP contribution in [-0.4, -0.2) is 16.1 Å². The number of carbonyl (C=O) groups is 2. The van der Waals surface area contributed by atoms with E-state index in [0.717, 1.165) is 0 Å². The topological polar surface area (TPSA) is 82.0 Å². The van der Waals surface area contributed by atoms with E-state index in [1.165, 1.54) is 12.1 Å². The molecule has 2 atom stereocenters. The zero-order valence-electron chi connectivity index (χ0n) is 17.1. The summed E-state index contributed by atoms with van der Waals surface area (Å²) in [6, 6.07) is 17.9. The van der Waals surface area contributed by atoms with Gasteiger partial charge in [0.15, 0.2) is 0 Å². The van der Waals surface area contributed by atoms with Crippen LogP contribution < -0.4 is 10.6 Å². The molecule has 3 aromatic rings. The fraction of sp³-hybridized carbons (Fsp3) is 0.125. The van der Waals surface area contributed by atoms with Gasteiger partial charge in [-0.1, -0.05) is 46.9 Å². The normalized spacial score (nSPS) is 18.0. The number of amides is 2. The monoisotopic (exact) mass is 551 g/mol. The number of para-hydroxylation sites is 1. The molecule has 172 valence electrons. The first-order valence-electron chi connectivity index (χ1n) is 9.86. The number of hydrogen-bond donors (Lipinski definition) is 2. The average Bonchev–Trinajstić information content (AvgIpc) is 3.36. The zero-order chi connectivity index (χ0) is 24.6. The maximum absolute atomic E-state index is 13.0. The third-order valence-electron chi connectivity index (χ3n) is 5.35. The molecule has 1 saturated carbocycles. The largest absolute Gasteiger partial charge is 0.326 e. The number of hydrogen-bond acceptors (Lipinski definition) is 3. The molecule has 1 aliphatic rings. The number of rotatable bonds is 5. The van der Waals surface area contributed by atoms with Gasteiger partial charge in [-0.25, -0.2) is 0 Å². The number of nitriles is 1. The van der Waals surface area contributed by atoms with Gasteiger partial charge in [0.25, 0.3) is 5.91 Å². The summed E-state index contributed by atoms with van der Waals surface area (Å²) in [5.41, 5.74) is 1.74. The molecule has 0 aliphatic heterocycles. The fourth-order valence-corrected chi connectivity index (χ4v) is 5.27. The maximum Gasteiger partial charge on any atom is 0.257 e. The van der Waals surface area contributed by atoms with Crippen molar-refractivity contribution in [1.82, 2.24) is 0 Å². The lowest BCUT2D eigenvalue weighted by atomic mass is 10.1. The summed E-state index contributed by atoms with van der Waals surface area (Å²) >= 11 is 31.2. The SMILES string of the molecule is N#Cc1ccccc1NC(=O)c1cc(NC(=O)[C@H]2[C@H](c3cc(Cl)cc(Cl)c3)C2(Cl)Cl)ccc1Cl. The molecule has 0 unspecified atom stereocenters. The third-order valence-corrected chi connectivity index (χ3v) is 7.06. The Labute approximate surface area is 220 Å². The molecule has 2 N–H and O–H groups in total. The summed E-state index contributed by atoms with van der Waals surface area (Å²) in [6.45, 7) is 0. The fourth-order valence-electron chi connectivity index (χ4n) is 3.70. The van der Waals surface area contributed by atoms with Gasteiger partial charge in [0.1, 0.15) is 10.4 Å². The van der Waals surface area contributed by atoms with Crippen molar-refractivity contribution < 1.29 is 9.59 Å². The minimum Gasteiger partial charge on any atom is -0.326 e. The Morgan fingerprint density at radius 2 is 1.59 bits per heavy atom. The van der Waals surface area contributed by atoms with E-state index in [1.54, 1.807) is 48.5 Å². The van der Waals surface area contributed by atoms with Crippen LogP contribution in [0.15, 0.2) is 60.7 Å². The Morgan fingerprint density at radius 3 is 2.26 bits per heavy atom. The van der Waals surface area contributed by atoms with Gasteiger partial charge in [-0.2, -0.15) is 5.26 Å². The van der Waals surface area contributed by atoms with Gasteiger partial charge >= 0.3 is 0 Å². The molecule has 10 heteroatoms. The number of alkyl halides is 2. The number of benzene rings is 3. The van der Waals surface area contributed by atoms with E-state index < -0.39 is 28.0 Å². The highest BCUT2D eigenvalue weighted by molar-refractivity contribution is 6.53. The smallest absolute Gasteiger partial charge is 0.257 e. The predicted octanol–water partition coefficient (Wildman–Crippen LogP) is 7.30. The Morgan fingerprint density at radius 1 is 0.912 bits per heavy atom. The second kappa shape index (κ2) is 9.65. The van der Waals surface area contributed by atoms with E-state index >= 15 is 0 Å². The molecular weight excluding hydrogens is 540 g/mol. The van der Waals surface area contributed by atoms with Gasteiger partial charge in [0, 0.05) is 21.7 Å². The Hall–Kier alpha value is -2.46. The van der Waals surface area contributed by atoms with Crippen LogP contribution in [0.25, 0.3) is 0 Å². The zero-order valence-corrected chi connectivity index (χ0v) is 20.9. The molecule has 5 nitrogen and oxygen atoms in total. The first-order chi connectivity index (χ1) is 16.1. The highest BCUT2D eigenvalue weighted by Crippen LogP contribution is 2.65. The number of anilines is 2. The van der Waals surface area contributed by atoms with Crippen molar-refractivity contribution in [3.8, 4) is 6.07 Å². The van der Waals surface area contributed by atoms with Crippen molar-refractivity contribution in [3.63, 3.8) is 0 Å². The lowest BCUT2D eigenvalue weighted by Crippen LogP contribution is -2.18. The highest BCUT2D eigenvalue weighted by Gasteiger charge is 2.67. The molecule has 0 heterocycles. The Balaban J connectivity index is 1.52. The molecule has 34 heavy (non-hydrogen) atoms. The first kappa shape index (κ1) is 24.7. The van der Waals surface area contributed by atoms with Crippen LogP contribution in [0.2, 0.25) is 15.1 Å². The van der Waals surface area contributed by atoms with E-state index in [-0.39, 0.29) is 10.6 Å². The summed E-state index contributed by atoms with van der Waals surface area (Å²) in [6.07, 6.45) is 0. The summed E-state index contributed by atoms with van der Waals surface area (Å²) in [4.78, 5) is 25.8. The minimum atomic E-state index is -1.34. The van der Waals surface area contributed by atoms with Crippen molar-refractivity contribution >= 4 is 81.2 Å². The first-order valence-corrected chi connectivity index (χ1v) is 11.8. The molecule has 1 fully saturated rings. The molecule has 3 aromatic carbocycles. The molecule has 4 rings (SSSR count). The van der Waals surface area contributed by atoms with Crippen molar-refractivity contribution in [2.24, 2.45) is 5.92 Å². The lowest BCUT2D eigenvalue weighted by molar-refractivity contribution is -0.117. The van der Waals surface area contributed by atoms with Crippen molar-refractivity contribution in [2.75, 3.05) is 10.6 Å². The summed E-state index contributed by atoms with van der Waals surface area (Å²) in [7, 11) is 0. The highest BCUT2D eigenvalue weighted by atomic mass is 35.5. The number of nitrogens with one attached hydrogen (secondary N) is 2. The number of nitrogens with zero attached hydrogens (tertiary/aromatic N) is 1. The van der Waals surface area contributed by atoms with E-state index in [0.29, 0.717) is 32.5 Å². The van der Waals surface area contributed by atoms with Gasteiger partial charge < -0.3 is 10.6 Å². The van der Waals surface area contributed by atoms with Gasteiger partial charge in [-0.3, -0.25) is 9.59 Å². The van der Waals surface area contributed by atoms with Gasteiger partial charge in [0.05, 0.1) is 27.8 Å². The lowest BCUT2D eigenvalue weighted by Gasteiger charge is -2.11. The Bertz CT molecular complexity index is 1330. The van der Waals surface area contributed by atoms with E-state index in [1.807, 2.05) is 6.07 Å². The molecule has 0 saturated heterocycles. The summed E-state index contributed by atoms with van der Waals surface area (Å²) in [5, 5.41) is 15.6. The van der Waals surface area contributed by atoms with Crippen LogP contribution in [0.4, 0.5) is 11.4 Å². The second-order valence-electron chi connectivity index (χ2n) is 7.63. The average molecular weight is 554 g/mol. The van der Waals surface area contributed by atoms with Crippen LogP contribution >= 0.6 is 58.0 Å². The molecular formula is C24H14Cl5N3O2. The summed E-state index contributed by atoms with van der Waals surface area (Å²) < 4.78 is -1.34. The molecule has 0 spiro atoms. The molecule has 0 bridgehead atoms. The van der Waals surface area contributed by atoms with Crippen molar-refractivity contribution in [1.29, 1.82) is 5.26 Å².